The van der Waals surface area contributed by atoms with Crippen molar-refractivity contribution in [2.45, 2.75) is 51.6 Å². The topological polar surface area (TPSA) is 51.3 Å². The molecular formula is C16H27N3O. The quantitative estimate of drug-likeness (QED) is 0.922. The standard InChI is InChI=1S/C16H27N3O/c1-12(2)15(17)16(20)19-11-6-4-5-8-14(19)13-9-7-10-18(13)3/h7,9-10,12,14-15H,4-6,8,11,17H2,1-3H3. The number of carbonyl (C=O) groups is 1. The average molecular weight is 277 g/mol. The monoisotopic (exact) mass is 277 g/mol. The highest BCUT2D eigenvalue weighted by atomic mass is 16.2. The molecule has 1 aliphatic heterocycles. The van der Waals surface area contributed by atoms with Crippen molar-refractivity contribution in [1.82, 2.24) is 9.47 Å². The number of likely N-dealkylation sites (tertiary alicyclic amines) is 1. The van der Waals surface area contributed by atoms with Gasteiger partial charge in [-0.2, -0.15) is 0 Å². The summed E-state index contributed by atoms with van der Waals surface area (Å²) in [5, 5.41) is 0. The van der Waals surface area contributed by atoms with Gasteiger partial charge in [0.05, 0.1) is 12.1 Å². The van der Waals surface area contributed by atoms with E-state index in [9.17, 15) is 4.79 Å². The lowest BCUT2D eigenvalue weighted by atomic mass is 10.0. The summed E-state index contributed by atoms with van der Waals surface area (Å²) in [7, 11) is 2.05. The number of hydrogen-bond acceptors (Lipinski definition) is 2. The molecule has 0 spiro atoms. The Kier molecular flexibility index (Phi) is 4.86. The van der Waals surface area contributed by atoms with E-state index in [4.69, 9.17) is 5.73 Å². The molecule has 4 nitrogen and oxygen atoms in total. The van der Waals surface area contributed by atoms with Gasteiger partial charge in [0.15, 0.2) is 0 Å². The number of aryl methyl sites for hydroxylation is 1. The molecule has 20 heavy (non-hydrogen) atoms. The van der Waals surface area contributed by atoms with Crippen LogP contribution in [0.5, 0.6) is 0 Å². The van der Waals surface area contributed by atoms with Gasteiger partial charge in [-0.15, -0.1) is 0 Å². The number of rotatable bonds is 3. The first-order valence-corrected chi connectivity index (χ1v) is 7.69. The van der Waals surface area contributed by atoms with E-state index >= 15 is 0 Å². The maximum atomic E-state index is 12.7. The van der Waals surface area contributed by atoms with E-state index in [1.807, 2.05) is 38.1 Å². The normalized spacial score (nSPS) is 21.9. The molecule has 1 fully saturated rings. The Bertz CT molecular complexity index is 452. The summed E-state index contributed by atoms with van der Waals surface area (Å²) in [5.74, 6) is 0.285. The molecule has 112 valence electrons. The molecule has 1 amide bonds. The minimum absolute atomic E-state index is 0.105. The number of nitrogens with two attached hydrogens (primary N) is 1. The second-order valence-electron chi connectivity index (χ2n) is 6.21. The zero-order valence-corrected chi connectivity index (χ0v) is 12.9. The fourth-order valence-electron chi connectivity index (χ4n) is 2.98. The molecule has 0 bridgehead atoms. The van der Waals surface area contributed by atoms with Crippen LogP contribution in [0.1, 0.15) is 51.3 Å². The first kappa shape index (κ1) is 15.1. The van der Waals surface area contributed by atoms with Crippen molar-refractivity contribution >= 4 is 5.91 Å². The van der Waals surface area contributed by atoms with Crippen LogP contribution >= 0.6 is 0 Å². The third-order valence-corrected chi connectivity index (χ3v) is 4.36. The summed E-state index contributed by atoms with van der Waals surface area (Å²) >= 11 is 0. The van der Waals surface area contributed by atoms with Gasteiger partial charge in [0.25, 0.3) is 0 Å². The van der Waals surface area contributed by atoms with Crippen LogP contribution in [0.15, 0.2) is 18.3 Å². The van der Waals surface area contributed by atoms with Gasteiger partial charge in [-0.3, -0.25) is 4.79 Å². The van der Waals surface area contributed by atoms with E-state index in [1.165, 1.54) is 18.5 Å². The van der Waals surface area contributed by atoms with E-state index < -0.39 is 6.04 Å². The van der Waals surface area contributed by atoms with Crippen LogP contribution < -0.4 is 5.73 Å². The van der Waals surface area contributed by atoms with E-state index in [0.29, 0.717) is 0 Å². The second-order valence-corrected chi connectivity index (χ2v) is 6.21. The minimum atomic E-state index is -0.393. The zero-order chi connectivity index (χ0) is 14.7. The molecule has 1 aromatic heterocycles. The minimum Gasteiger partial charge on any atom is -0.353 e. The van der Waals surface area contributed by atoms with Gasteiger partial charge in [-0.05, 0) is 30.9 Å². The van der Waals surface area contributed by atoms with Gasteiger partial charge in [0.1, 0.15) is 0 Å². The van der Waals surface area contributed by atoms with E-state index in [-0.39, 0.29) is 17.9 Å². The number of aromatic nitrogens is 1. The van der Waals surface area contributed by atoms with Gasteiger partial charge in [0.2, 0.25) is 5.91 Å². The number of carbonyl (C=O) groups excluding carboxylic acids is 1. The first-order chi connectivity index (χ1) is 9.52. The first-order valence-electron chi connectivity index (χ1n) is 7.69. The smallest absolute Gasteiger partial charge is 0.240 e. The second kappa shape index (κ2) is 6.44. The third kappa shape index (κ3) is 3.06. The molecule has 0 aromatic carbocycles. The molecule has 1 aromatic rings. The lowest BCUT2D eigenvalue weighted by Gasteiger charge is -2.33. The molecule has 2 rings (SSSR count). The van der Waals surface area contributed by atoms with Crippen molar-refractivity contribution in [3.05, 3.63) is 24.0 Å². The zero-order valence-electron chi connectivity index (χ0n) is 12.9. The Hall–Kier alpha value is -1.29. The van der Waals surface area contributed by atoms with Crippen molar-refractivity contribution in [2.75, 3.05) is 6.54 Å². The lowest BCUT2D eigenvalue weighted by Crippen LogP contribution is -2.48. The predicted molar refractivity (Wildman–Crippen MR) is 81.1 cm³/mol. The van der Waals surface area contributed by atoms with Crippen LogP contribution in [0.4, 0.5) is 0 Å². The number of amides is 1. The molecule has 2 unspecified atom stereocenters. The lowest BCUT2D eigenvalue weighted by molar-refractivity contribution is -0.136. The van der Waals surface area contributed by atoms with Crippen LogP contribution in [-0.2, 0) is 11.8 Å². The van der Waals surface area contributed by atoms with Crippen molar-refractivity contribution in [3.8, 4) is 0 Å². The summed E-state index contributed by atoms with van der Waals surface area (Å²) in [6, 6.07) is 3.95. The van der Waals surface area contributed by atoms with Gasteiger partial charge < -0.3 is 15.2 Å². The maximum absolute atomic E-state index is 12.7. The van der Waals surface area contributed by atoms with E-state index in [0.717, 1.165) is 19.4 Å². The molecule has 2 heterocycles. The molecule has 0 radical (unpaired) electrons. The fraction of sp³-hybridized carbons (Fsp3) is 0.688. The van der Waals surface area contributed by atoms with Crippen molar-refractivity contribution in [1.29, 1.82) is 0 Å². The molecule has 1 saturated heterocycles. The third-order valence-electron chi connectivity index (χ3n) is 4.36. The van der Waals surface area contributed by atoms with Crippen LogP contribution in [-0.4, -0.2) is 28.0 Å². The largest absolute Gasteiger partial charge is 0.353 e. The molecule has 2 atom stereocenters. The average Bonchev–Trinajstić information content (AvgIpc) is 2.70. The maximum Gasteiger partial charge on any atom is 0.240 e. The highest BCUT2D eigenvalue weighted by Crippen LogP contribution is 2.31. The Balaban J connectivity index is 2.26. The summed E-state index contributed by atoms with van der Waals surface area (Å²) in [6.07, 6.45) is 6.54. The number of hydrogen-bond donors (Lipinski definition) is 1. The molecule has 1 aliphatic rings. The van der Waals surface area contributed by atoms with Gasteiger partial charge in [-0.1, -0.05) is 26.7 Å². The summed E-state index contributed by atoms with van der Waals surface area (Å²) < 4.78 is 2.12. The number of nitrogens with zero attached hydrogens (tertiary/aromatic N) is 2. The van der Waals surface area contributed by atoms with Crippen molar-refractivity contribution in [2.24, 2.45) is 18.7 Å². The summed E-state index contributed by atoms with van der Waals surface area (Å²) in [4.78, 5) is 14.7. The summed E-state index contributed by atoms with van der Waals surface area (Å²) in [6.45, 7) is 4.85. The Morgan fingerprint density at radius 2 is 2.10 bits per heavy atom. The Morgan fingerprint density at radius 3 is 2.70 bits per heavy atom. The Morgan fingerprint density at radius 1 is 1.35 bits per heavy atom. The van der Waals surface area contributed by atoms with Gasteiger partial charge >= 0.3 is 0 Å². The molecular weight excluding hydrogens is 250 g/mol. The van der Waals surface area contributed by atoms with Crippen molar-refractivity contribution < 1.29 is 4.79 Å². The molecule has 0 aliphatic carbocycles. The SMILES string of the molecule is CC(C)C(N)C(=O)N1CCCCCC1c1cccn1C. The van der Waals surface area contributed by atoms with E-state index in [1.54, 1.807) is 0 Å². The van der Waals surface area contributed by atoms with Crippen LogP contribution in [0.2, 0.25) is 0 Å². The molecule has 0 saturated carbocycles. The van der Waals surface area contributed by atoms with Crippen molar-refractivity contribution in [3.63, 3.8) is 0 Å². The highest BCUT2D eigenvalue weighted by molar-refractivity contribution is 5.82. The molecule has 2 N–H and O–H groups in total. The predicted octanol–water partition coefficient (Wildman–Crippen LogP) is 2.45. The summed E-state index contributed by atoms with van der Waals surface area (Å²) in [5.41, 5.74) is 7.32. The van der Waals surface area contributed by atoms with Crippen LogP contribution in [0, 0.1) is 5.92 Å². The van der Waals surface area contributed by atoms with Gasteiger partial charge in [0, 0.05) is 25.5 Å². The van der Waals surface area contributed by atoms with E-state index in [2.05, 4.69) is 10.6 Å². The van der Waals surface area contributed by atoms with Gasteiger partial charge in [-0.25, -0.2) is 0 Å². The fourth-order valence-corrected chi connectivity index (χ4v) is 2.98. The molecule has 4 heteroatoms. The highest BCUT2D eigenvalue weighted by Gasteiger charge is 2.31. The Labute approximate surface area is 121 Å². The van der Waals surface area contributed by atoms with Crippen LogP contribution in [0.25, 0.3) is 0 Å². The van der Waals surface area contributed by atoms with Crippen LogP contribution in [0.3, 0.4) is 0 Å².